The predicted octanol–water partition coefficient (Wildman–Crippen LogP) is 2.47. The van der Waals surface area contributed by atoms with E-state index >= 15 is 0 Å². The van der Waals surface area contributed by atoms with Crippen LogP contribution in [0.3, 0.4) is 0 Å². The lowest BCUT2D eigenvalue weighted by Gasteiger charge is -2.27. The summed E-state index contributed by atoms with van der Waals surface area (Å²) < 4.78 is 5.37. The summed E-state index contributed by atoms with van der Waals surface area (Å²) >= 11 is 0. The molecule has 0 aliphatic heterocycles. The van der Waals surface area contributed by atoms with Gasteiger partial charge in [0.05, 0.1) is 11.3 Å². The lowest BCUT2D eigenvalue weighted by molar-refractivity contribution is 0.00963. The van der Waals surface area contributed by atoms with Gasteiger partial charge in [-0.05, 0) is 39.3 Å². The van der Waals surface area contributed by atoms with Crippen LogP contribution in [0.4, 0.5) is 16.3 Å². The summed E-state index contributed by atoms with van der Waals surface area (Å²) in [6, 6.07) is 3.46. The second-order valence-electron chi connectivity index (χ2n) is 5.93. The molecule has 2 N–H and O–H groups in total. The van der Waals surface area contributed by atoms with E-state index in [2.05, 4.69) is 15.6 Å². The maximum atomic E-state index is 12.1. The van der Waals surface area contributed by atoms with Crippen LogP contribution < -0.4 is 15.5 Å². The third kappa shape index (κ3) is 5.59. The minimum absolute atomic E-state index is 0.00790. The highest BCUT2D eigenvalue weighted by atomic mass is 16.5. The van der Waals surface area contributed by atoms with Crippen molar-refractivity contribution in [1.82, 2.24) is 10.3 Å². The maximum absolute atomic E-state index is 12.1. The first-order chi connectivity index (χ1) is 9.75. The molecule has 1 aromatic heterocycles. The Bertz CT molecular complexity index is 474. The number of rotatable bonds is 6. The van der Waals surface area contributed by atoms with Gasteiger partial charge in [0, 0.05) is 33.4 Å². The fraction of sp³-hybridized carbons (Fsp3) is 0.600. The Kier molecular flexibility index (Phi) is 5.96. The van der Waals surface area contributed by atoms with Gasteiger partial charge in [0.1, 0.15) is 0 Å². The van der Waals surface area contributed by atoms with Gasteiger partial charge in [0.25, 0.3) is 0 Å². The summed E-state index contributed by atoms with van der Waals surface area (Å²) in [7, 11) is 5.48. The van der Waals surface area contributed by atoms with Gasteiger partial charge in [-0.15, -0.1) is 0 Å². The van der Waals surface area contributed by atoms with Crippen molar-refractivity contribution in [2.45, 2.75) is 38.8 Å². The van der Waals surface area contributed by atoms with Gasteiger partial charge < -0.3 is 15.0 Å². The highest BCUT2D eigenvalue weighted by Gasteiger charge is 2.21. The fourth-order valence-corrected chi connectivity index (χ4v) is 2.09. The first-order valence-electron chi connectivity index (χ1n) is 7.00. The van der Waals surface area contributed by atoms with E-state index in [0.717, 1.165) is 12.1 Å². The van der Waals surface area contributed by atoms with Crippen LogP contribution in [-0.2, 0) is 4.74 Å². The molecule has 6 nitrogen and oxygen atoms in total. The second-order valence-corrected chi connectivity index (χ2v) is 5.93. The minimum Gasteiger partial charge on any atom is -0.379 e. The molecule has 21 heavy (non-hydrogen) atoms. The number of urea groups is 1. The van der Waals surface area contributed by atoms with Gasteiger partial charge in [-0.1, -0.05) is 0 Å². The average Bonchev–Trinajstić information content (AvgIpc) is 2.38. The van der Waals surface area contributed by atoms with Crippen molar-refractivity contribution in [1.29, 1.82) is 0 Å². The number of hydrogen-bond donors (Lipinski definition) is 2. The molecule has 1 aromatic rings. The lowest BCUT2D eigenvalue weighted by atomic mass is 10.00. The molecule has 0 unspecified atom stereocenters. The molecule has 2 amide bonds. The Morgan fingerprint density at radius 3 is 2.71 bits per heavy atom. The van der Waals surface area contributed by atoms with Crippen LogP contribution in [0.1, 0.15) is 27.2 Å². The summed E-state index contributed by atoms with van der Waals surface area (Å²) in [6.45, 7) is 5.93. The van der Waals surface area contributed by atoms with Crippen molar-refractivity contribution in [2.75, 3.05) is 31.4 Å². The molecule has 0 saturated heterocycles. The molecule has 1 atom stereocenters. The standard InChI is InChI=1S/C15H26N4O2/c1-11(10-15(2,3)21-6)17-14(20)18-13-12(19(4)5)8-7-9-16-13/h7-9,11H,10H2,1-6H3,(H2,16,17,18,20)/t11-/m0/s1. The largest absolute Gasteiger partial charge is 0.379 e. The molecule has 0 aliphatic rings. The quantitative estimate of drug-likeness (QED) is 0.846. The molecule has 1 heterocycles. The Morgan fingerprint density at radius 2 is 2.14 bits per heavy atom. The summed E-state index contributed by atoms with van der Waals surface area (Å²) in [6.07, 6.45) is 2.37. The number of carbonyl (C=O) groups excluding carboxylic acids is 1. The van der Waals surface area contributed by atoms with Crippen molar-refractivity contribution in [3.05, 3.63) is 18.3 Å². The number of nitrogens with zero attached hydrogens (tertiary/aromatic N) is 2. The lowest BCUT2D eigenvalue weighted by Crippen LogP contribution is -2.41. The van der Waals surface area contributed by atoms with Gasteiger partial charge in [-0.2, -0.15) is 0 Å². The summed E-state index contributed by atoms with van der Waals surface area (Å²) in [4.78, 5) is 18.2. The first kappa shape index (κ1) is 17.2. The highest BCUT2D eigenvalue weighted by molar-refractivity contribution is 5.91. The van der Waals surface area contributed by atoms with Crippen LogP contribution in [0.5, 0.6) is 0 Å². The Balaban J connectivity index is 2.62. The molecule has 1 rings (SSSR count). The number of aromatic nitrogens is 1. The van der Waals surface area contributed by atoms with Gasteiger partial charge >= 0.3 is 6.03 Å². The molecule has 0 bridgehead atoms. The summed E-state index contributed by atoms with van der Waals surface area (Å²) in [5.74, 6) is 0.540. The summed E-state index contributed by atoms with van der Waals surface area (Å²) in [5.41, 5.74) is 0.587. The van der Waals surface area contributed by atoms with Gasteiger partial charge in [-0.3, -0.25) is 5.32 Å². The topological polar surface area (TPSA) is 66.5 Å². The van der Waals surface area contributed by atoms with Gasteiger partial charge in [0.2, 0.25) is 0 Å². The molecule has 0 aliphatic carbocycles. The molecular formula is C15H26N4O2. The van der Waals surface area contributed by atoms with E-state index in [1.165, 1.54) is 0 Å². The van der Waals surface area contributed by atoms with Crippen LogP contribution in [0.25, 0.3) is 0 Å². The van der Waals surface area contributed by atoms with E-state index in [-0.39, 0.29) is 17.7 Å². The van der Waals surface area contributed by atoms with E-state index in [9.17, 15) is 4.79 Å². The zero-order valence-corrected chi connectivity index (χ0v) is 13.7. The predicted molar refractivity (Wildman–Crippen MR) is 85.9 cm³/mol. The Labute approximate surface area is 126 Å². The number of nitrogens with one attached hydrogen (secondary N) is 2. The van der Waals surface area contributed by atoms with Gasteiger partial charge in [-0.25, -0.2) is 9.78 Å². The smallest absolute Gasteiger partial charge is 0.320 e. The van der Waals surface area contributed by atoms with E-state index < -0.39 is 0 Å². The molecule has 0 spiro atoms. The van der Waals surface area contributed by atoms with Crippen molar-refractivity contribution in [3.63, 3.8) is 0 Å². The molecule has 0 aromatic carbocycles. The third-order valence-electron chi connectivity index (χ3n) is 3.23. The molecule has 118 valence electrons. The molecule has 0 fully saturated rings. The van der Waals surface area contributed by atoms with Crippen LogP contribution >= 0.6 is 0 Å². The average molecular weight is 294 g/mol. The van der Waals surface area contributed by atoms with Crippen LogP contribution in [-0.4, -0.2) is 43.9 Å². The maximum Gasteiger partial charge on any atom is 0.320 e. The molecule has 0 radical (unpaired) electrons. The monoisotopic (exact) mass is 294 g/mol. The fourth-order valence-electron chi connectivity index (χ4n) is 2.09. The molecule has 6 heteroatoms. The van der Waals surface area contributed by atoms with E-state index in [1.54, 1.807) is 13.3 Å². The van der Waals surface area contributed by atoms with Gasteiger partial charge in [0.15, 0.2) is 5.82 Å². The van der Waals surface area contributed by atoms with Crippen LogP contribution in [0.2, 0.25) is 0 Å². The number of ether oxygens (including phenoxy) is 1. The third-order valence-corrected chi connectivity index (χ3v) is 3.23. The number of anilines is 2. The van der Waals surface area contributed by atoms with E-state index in [1.807, 2.05) is 51.9 Å². The van der Waals surface area contributed by atoms with E-state index in [0.29, 0.717) is 5.82 Å². The normalized spacial score (nSPS) is 12.7. The van der Waals surface area contributed by atoms with Crippen molar-refractivity contribution in [2.24, 2.45) is 0 Å². The Morgan fingerprint density at radius 1 is 1.48 bits per heavy atom. The number of amides is 2. The number of methoxy groups -OCH3 is 1. The molecule has 0 saturated carbocycles. The second kappa shape index (κ2) is 7.26. The Hall–Kier alpha value is -1.82. The SMILES string of the molecule is COC(C)(C)C[C@H](C)NC(=O)Nc1ncccc1N(C)C. The minimum atomic E-state index is -0.271. The van der Waals surface area contributed by atoms with Crippen LogP contribution in [0.15, 0.2) is 18.3 Å². The van der Waals surface area contributed by atoms with Crippen molar-refractivity contribution in [3.8, 4) is 0 Å². The molecular weight excluding hydrogens is 268 g/mol. The highest BCUT2D eigenvalue weighted by Crippen LogP contribution is 2.20. The zero-order chi connectivity index (χ0) is 16.0. The first-order valence-corrected chi connectivity index (χ1v) is 7.00. The number of hydrogen-bond acceptors (Lipinski definition) is 4. The zero-order valence-electron chi connectivity index (χ0n) is 13.7. The summed E-state index contributed by atoms with van der Waals surface area (Å²) in [5, 5.41) is 5.68. The van der Waals surface area contributed by atoms with Crippen molar-refractivity contribution >= 4 is 17.5 Å². The van der Waals surface area contributed by atoms with Crippen LogP contribution in [0, 0.1) is 0 Å². The van der Waals surface area contributed by atoms with Crippen molar-refractivity contribution < 1.29 is 9.53 Å². The van der Waals surface area contributed by atoms with E-state index in [4.69, 9.17) is 4.74 Å². The number of pyridine rings is 1. The number of carbonyl (C=O) groups is 1.